The van der Waals surface area contributed by atoms with Crippen molar-refractivity contribution in [2.45, 2.75) is 45.5 Å². The summed E-state index contributed by atoms with van der Waals surface area (Å²) >= 11 is 0. The number of nitrogens with one attached hydrogen (secondary N) is 1. The number of nitrogens with zero attached hydrogens (tertiary/aromatic N) is 4. The van der Waals surface area contributed by atoms with Crippen LogP contribution in [0.5, 0.6) is 0 Å². The van der Waals surface area contributed by atoms with Crippen LogP contribution in [0, 0.1) is 5.92 Å². The number of anilines is 2. The van der Waals surface area contributed by atoms with Crippen molar-refractivity contribution < 1.29 is 32.7 Å². The van der Waals surface area contributed by atoms with Gasteiger partial charge in [-0.05, 0) is 56.4 Å². The van der Waals surface area contributed by atoms with E-state index in [4.69, 9.17) is 0 Å². The second-order valence-corrected chi connectivity index (χ2v) is 11.2. The minimum atomic E-state index is -4.61. The van der Waals surface area contributed by atoms with Gasteiger partial charge >= 0.3 is 12.3 Å². The van der Waals surface area contributed by atoms with E-state index >= 15 is 0 Å². The average molecular weight is 590 g/mol. The van der Waals surface area contributed by atoms with Crippen molar-refractivity contribution in [3.05, 3.63) is 59.2 Å². The molecule has 1 aliphatic heterocycles. The fourth-order valence-corrected chi connectivity index (χ4v) is 5.23. The Balaban J connectivity index is 1.55. The van der Waals surface area contributed by atoms with Crippen LogP contribution in [0.25, 0.3) is 0 Å². The number of carbonyl (C=O) groups excluding carboxylic acids is 2. The standard InChI is InChI=1S/C30H38F3N5O4/c1-20(2)38(29(41)42)16-15-36(19-22-7-4-5-9-24(22)30(31,32)33)26(39)17-34-25-10-6-8-23-27(25)35(3)13-14-37(28(23)40)18-21-11-12-21/h4-10,20-21,34H,11-19H2,1-3H3,(H,41,42). The zero-order chi connectivity index (χ0) is 30.6. The van der Waals surface area contributed by atoms with Crippen molar-refractivity contribution in [3.8, 4) is 0 Å². The predicted molar refractivity (Wildman–Crippen MR) is 154 cm³/mol. The first-order valence-corrected chi connectivity index (χ1v) is 14.2. The smallest absolute Gasteiger partial charge is 0.416 e. The number of fused-ring (bicyclic) bond motifs is 1. The maximum absolute atomic E-state index is 13.7. The lowest BCUT2D eigenvalue weighted by molar-refractivity contribution is -0.139. The number of rotatable bonds is 11. The second-order valence-electron chi connectivity index (χ2n) is 11.2. The molecule has 2 aromatic carbocycles. The second kappa shape index (κ2) is 12.9. The van der Waals surface area contributed by atoms with E-state index in [9.17, 15) is 32.7 Å². The van der Waals surface area contributed by atoms with Gasteiger partial charge in [-0.25, -0.2) is 4.79 Å². The number of amides is 3. The summed E-state index contributed by atoms with van der Waals surface area (Å²) in [6.45, 7) is 4.52. The first kappa shape index (κ1) is 31.0. The predicted octanol–water partition coefficient (Wildman–Crippen LogP) is 4.84. The molecule has 0 atom stereocenters. The van der Waals surface area contributed by atoms with E-state index in [1.165, 1.54) is 23.1 Å². The normalized spacial score (nSPS) is 15.4. The topological polar surface area (TPSA) is 96.4 Å². The highest BCUT2D eigenvalue weighted by Gasteiger charge is 2.34. The Morgan fingerprint density at radius 3 is 2.43 bits per heavy atom. The highest BCUT2D eigenvalue weighted by atomic mass is 19.4. The largest absolute Gasteiger partial charge is 0.465 e. The molecule has 4 rings (SSSR count). The van der Waals surface area contributed by atoms with Crippen LogP contribution in [0.3, 0.4) is 0 Å². The number of likely N-dealkylation sites (N-methyl/N-ethyl adjacent to an activating group) is 1. The van der Waals surface area contributed by atoms with Crippen molar-refractivity contribution in [2.75, 3.05) is 56.5 Å². The maximum atomic E-state index is 13.7. The van der Waals surface area contributed by atoms with Gasteiger partial charge in [-0.3, -0.25) is 9.59 Å². The molecular weight excluding hydrogens is 551 g/mol. The minimum Gasteiger partial charge on any atom is -0.465 e. The summed E-state index contributed by atoms with van der Waals surface area (Å²) in [5.74, 6) is -0.0263. The Kier molecular flexibility index (Phi) is 9.53. The Hall–Kier alpha value is -3.96. The van der Waals surface area contributed by atoms with Crippen molar-refractivity contribution in [2.24, 2.45) is 5.92 Å². The molecule has 0 saturated heterocycles. The summed E-state index contributed by atoms with van der Waals surface area (Å²) in [6, 6.07) is 9.93. The van der Waals surface area contributed by atoms with Crippen LogP contribution in [0.4, 0.5) is 29.3 Å². The zero-order valence-corrected chi connectivity index (χ0v) is 24.2. The van der Waals surface area contributed by atoms with Gasteiger partial charge in [0.1, 0.15) is 0 Å². The van der Waals surface area contributed by atoms with E-state index in [0.29, 0.717) is 35.9 Å². The van der Waals surface area contributed by atoms with Crippen LogP contribution in [-0.2, 0) is 17.5 Å². The molecule has 0 bridgehead atoms. The van der Waals surface area contributed by atoms with E-state index in [2.05, 4.69) is 5.32 Å². The SMILES string of the molecule is CC(C)N(CCN(Cc1ccccc1C(F)(F)F)C(=O)CNc1cccc2c1N(C)CCN(CC1CC1)C2=O)C(=O)O. The third-order valence-electron chi connectivity index (χ3n) is 7.76. The number of carbonyl (C=O) groups is 3. The molecule has 1 heterocycles. The van der Waals surface area contributed by atoms with E-state index in [1.807, 2.05) is 16.8 Å². The zero-order valence-electron chi connectivity index (χ0n) is 24.2. The molecule has 0 radical (unpaired) electrons. The highest BCUT2D eigenvalue weighted by molar-refractivity contribution is 6.03. The van der Waals surface area contributed by atoms with Crippen molar-refractivity contribution in [1.82, 2.24) is 14.7 Å². The van der Waals surface area contributed by atoms with Crippen LogP contribution in [0.15, 0.2) is 42.5 Å². The van der Waals surface area contributed by atoms with Gasteiger partial charge in [0.25, 0.3) is 5.91 Å². The van der Waals surface area contributed by atoms with Gasteiger partial charge in [-0.2, -0.15) is 13.2 Å². The van der Waals surface area contributed by atoms with Crippen LogP contribution >= 0.6 is 0 Å². The van der Waals surface area contributed by atoms with Crippen molar-refractivity contribution in [3.63, 3.8) is 0 Å². The Morgan fingerprint density at radius 2 is 1.79 bits per heavy atom. The first-order valence-electron chi connectivity index (χ1n) is 14.2. The average Bonchev–Trinajstić information content (AvgIpc) is 3.76. The summed E-state index contributed by atoms with van der Waals surface area (Å²) in [4.78, 5) is 44.8. The van der Waals surface area contributed by atoms with Gasteiger partial charge in [0.05, 0.1) is 29.0 Å². The number of para-hydroxylation sites is 1. The molecule has 3 amide bonds. The fraction of sp³-hybridized carbons (Fsp3) is 0.500. The summed E-state index contributed by atoms with van der Waals surface area (Å²) in [5, 5.41) is 12.7. The number of hydrogen-bond donors (Lipinski definition) is 2. The van der Waals surface area contributed by atoms with Gasteiger partial charge in [0.15, 0.2) is 0 Å². The lowest BCUT2D eigenvalue weighted by Gasteiger charge is -2.30. The number of hydrogen-bond acceptors (Lipinski definition) is 5. The monoisotopic (exact) mass is 589 g/mol. The lowest BCUT2D eigenvalue weighted by atomic mass is 10.1. The number of halogens is 3. The third kappa shape index (κ3) is 7.46. The molecule has 228 valence electrons. The van der Waals surface area contributed by atoms with E-state index in [1.54, 1.807) is 32.0 Å². The molecule has 42 heavy (non-hydrogen) atoms. The Morgan fingerprint density at radius 1 is 1.07 bits per heavy atom. The summed E-state index contributed by atoms with van der Waals surface area (Å²) in [7, 11) is 1.88. The van der Waals surface area contributed by atoms with Crippen LogP contribution < -0.4 is 10.2 Å². The number of carboxylic acid groups (broad SMARTS) is 1. The van der Waals surface area contributed by atoms with Gasteiger partial charge in [0, 0.05) is 52.4 Å². The summed E-state index contributed by atoms with van der Waals surface area (Å²) < 4.78 is 41.2. The van der Waals surface area contributed by atoms with E-state index < -0.39 is 23.7 Å². The molecule has 1 aliphatic carbocycles. The molecule has 9 nitrogen and oxygen atoms in total. The van der Waals surface area contributed by atoms with E-state index in [-0.39, 0.29) is 43.7 Å². The molecule has 1 fully saturated rings. The first-order chi connectivity index (χ1) is 19.9. The molecule has 0 spiro atoms. The quantitative estimate of drug-likeness (QED) is 0.390. The number of alkyl halides is 3. The molecule has 2 N–H and O–H groups in total. The van der Waals surface area contributed by atoms with E-state index in [0.717, 1.165) is 30.4 Å². The minimum absolute atomic E-state index is 0.0657. The third-order valence-corrected chi connectivity index (χ3v) is 7.76. The molecule has 2 aromatic rings. The summed E-state index contributed by atoms with van der Waals surface area (Å²) in [5.41, 5.74) is 0.825. The van der Waals surface area contributed by atoms with Crippen LogP contribution in [0.2, 0.25) is 0 Å². The molecule has 0 aromatic heterocycles. The van der Waals surface area contributed by atoms with Gasteiger partial charge in [-0.1, -0.05) is 24.3 Å². The molecular formula is C30H38F3N5O4. The molecule has 1 saturated carbocycles. The van der Waals surface area contributed by atoms with Crippen molar-refractivity contribution >= 4 is 29.3 Å². The van der Waals surface area contributed by atoms with Crippen LogP contribution in [-0.4, -0.2) is 90.1 Å². The number of benzene rings is 2. The van der Waals surface area contributed by atoms with Gasteiger partial charge < -0.3 is 30.0 Å². The van der Waals surface area contributed by atoms with Gasteiger partial charge in [-0.15, -0.1) is 0 Å². The fourth-order valence-electron chi connectivity index (χ4n) is 5.23. The Bertz CT molecular complexity index is 1300. The lowest BCUT2D eigenvalue weighted by Crippen LogP contribution is -2.44. The Labute approximate surface area is 243 Å². The highest BCUT2D eigenvalue weighted by Crippen LogP contribution is 2.35. The van der Waals surface area contributed by atoms with Gasteiger partial charge in [0.2, 0.25) is 5.91 Å². The molecule has 2 aliphatic rings. The summed E-state index contributed by atoms with van der Waals surface area (Å²) in [6.07, 6.45) is -3.54. The van der Waals surface area contributed by atoms with Crippen LogP contribution in [0.1, 0.15) is 48.2 Å². The molecule has 12 heteroatoms. The van der Waals surface area contributed by atoms with Crippen molar-refractivity contribution in [1.29, 1.82) is 0 Å². The maximum Gasteiger partial charge on any atom is 0.416 e. The molecule has 0 unspecified atom stereocenters.